The summed E-state index contributed by atoms with van der Waals surface area (Å²) in [5.41, 5.74) is 2.29. The van der Waals surface area contributed by atoms with E-state index in [1.165, 1.54) is 6.92 Å². The molecule has 9 nitrogen and oxygen atoms in total. The Kier molecular flexibility index (Phi) is 11.3. The van der Waals surface area contributed by atoms with Gasteiger partial charge in [0.05, 0.1) is 14.2 Å². The average molecular weight is 787 g/mol. The smallest absolute Gasteiger partial charge is 0.399 e. The molecule has 57 heavy (non-hydrogen) atoms. The summed E-state index contributed by atoms with van der Waals surface area (Å²) in [5, 5.41) is 0.529. The maximum absolute atomic E-state index is 15.6. The van der Waals surface area contributed by atoms with E-state index in [0.29, 0.717) is 79.0 Å². The molecular weight excluding hydrogens is 737 g/mol. The van der Waals surface area contributed by atoms with E-state index in [9.17, 15) is 0 Å². The Hall–Kier alpha value is -4.59. The highest BCUT2D eigenvalue weighted by molar-refractivity contribution is 5.86. The van der Waals surface area contributed by atoms with Crippen molar-refractivity contribution in [2.45, 2.75) is 88.9 Å². The normalized spacial score (nSPS) is 22.7. The van der Waals surface area contributed by atoms with Gasteiger partial charge in [0.2, 0.25) is 5.75 Å². The lowest BCUT2D eigenvalue weighted by molar-refractivity contribution is -0.397. The van der Waals surface area contributed by atoms with Gasteiger partial charge < -0.3 is 42.6 Å². The summed E-state index contributed by atoms with van der Waals surface area (Å²) in [4.78, 5) is 1.91. The summed E-state index contributed by atoms with van der Waals surface area (Å²) in [5.74, 6) is 1.57. The molecule has 3 aliphatic rings. The Labute approximate surface area is 331 Å². The largest absolute Gasteiger partial charge is 0.493 e. The Bertz CT molecular complexity index is 2100. The highest BCUT2D eigenvalue weighted by atomic mass is 19.4. The van der Waals surface area contributed by atoms with Crippen LogP contribution in [0, 0.1) is 0 Å². The Morgan fingerprint density at radius 3 is 2.00 bits per heavy atom. The summed E-state index contributed by atoms with van der Waals surface area (Å²) in [6, 6.07) is 28.8. The van der Waals surface area contributed by atoms with Crippen molar-refractivity contribution in [3.63, 3.8) is 0 Å². The first-order valence-corrected chi connectivity index (χ1v) is 19.6. The van der Waals surface area contributed by atoms with Crippen molar-refractivity contribution in [2.24, 2.45) is 0 Å². The molecule has 8 rings (SSSR count). The minimum atomic E-state index is -4.55. The van der Waals surface area contributed by atoms with Crippen LogP contribution < -0.4 is 14.2 Å². The van der Waals surface area contributed by atoms with Crippen molar-refractivity contribution in [2.75, 3.05) is 33.9 Å². The molecule has 0 saturated carbocycles. The van der Waals surface area contributed by atoms with E-state index in [1.54, 1.807) is 20.4 Å². The number of piperidine rings is 1. The van der Waals surface area contributed by atoms with Crippen molar-refractivity contribution >= 4 is 10.9 Å². The van der Waals surface area contributed by atoms with Crippen LogP contribution in [0.15, 0.2) is 97.2 Å². The number of likely N-dealkylation sites (tertiary alicyclic amines) is 1. The summed E-state index contributed by atoms with van der Waals surface area (Å²) in [6.07, 6.45) is -2.25. The van der Waals surface area contributed by atoms with E-state index in [-0.39, 0.29) is 30.8 Å². The molecule has 1 unspecified atom stereocenters. The summed E-state index contributed by atoms with van der Waals surface area (Å²) in [6.45, 7) is 4.26. The molecule has 5 aromatic rings. The third-order valence-electron chi connectivity index (χ3n) is 11.4. The van der Waals surface area contributed by atoms with Crippen molar-refractivity contribution in [3.05, 3.63) is 125 Å². The molecule has 12 heteroatoms. The number of aromatic nitrogens is 1. The molecular formula is C45H49F3N2O7. The molecule has 1 aromatic heterocycles. The fourth-order valence-corrected chi connectivity index (χ4v) is 8.15. The molecule has 0 aliphatic carbocycles. The molecule has 3 aliphatic heterocycles. The first-order chi connectivity index (χ1) is 27.5. The van der Waals surface area contributed by atoms with Gasteiger partial charge in [0, 0.05) is 60.8 Å². The van der Waals surface area contributed by atoms with Crippen LogP contribution in [0.25, 0.3) is 10.9 Å². The molecule has 0 spiro atoms. The maximum atomic E-state index is 15.6. The van der Waals surface area contributed by atoms with Crippen molar-refractivity contribution in [3.8, 4) is 17.2 Å². The lowest BCUT2D eigenvalue weighted by Gasteiger charge is -2.40. The number of halogens is 3. The van der Waals surface area contributed by atoms with Crippen molar-refractivity contribution in [1.29, 1.82) is 0 Å². The SMILES string of the molecule is COc1cc(CCC2OC(C)O2)cc(OC)c1OC1CCN(CC(C)(c2cn(Cc3ccccc3)c3ccc(C4OC(c5ccccc5)O4)cc23)C(F)(F)F)CC1. The van der Waals surface area contributed by atoms with Gasteiger partial charge in [-0.3, -0.25) is 0 Å². The molecule has 1 atom stereocenters. The van der Waals surface area contributed by atoms with E-state index in [2.05, 4.69) is 0 Å². The minimum absolute atomic E-state index is 0.180. The van der Waals surface area contributed by atoms with Gasteiger partial charge in [0.1, 0.15) is 11.5 Å². The Balaban J connectivity index is 1.01. The lowest BCUT2D eigenvalue weighted by Crippen LogP contribution is -2.51. The van der Waals surface area contributed by atoms with Crippen LogP contribution in [-0.2, 0) is 37.3 Å². The van der Waals surface area contributed by atoms with Crippen LogP contribution in [0.4, 0.5) is 13.2 Å². The molecule has 3 fully saturated rings. The van der Waals surface area contributed by atoms with Gasteiger partial charge in [0.15, 0.2) is 36.7 Å². The second-order valence-corrected chi connectivity index (χ2v) is 15.3. The number of rotatable bonds is 14. The first kappa shape index (κ1) is 39.2. The average Bonchev–Trinajstić information content (AvgIpc) is 3.54. The van der Waals surface area contributed by atoms with Gasteiger partial charge in [-0.1, -0.05) is 66.7 Å². The Morgan fingerprint density at radius 1 is 0.754 bits per heavy atom. The van der Waals surface area contributed by atoms with Gasteiger partial charge in [-0.2, -0.15) is 13.2 Å². The second-order valence-electron chi connectivity index (χ2n) is 15.3. The minimum Gasteiger partial charge on any atom is -0.493 e. The number of hydrogen-bond donors (Lipinski definition) is 0. The number of ether oxygens (including phenoxy) is 7. The third kappa shape index (κ3) is 8.24. The van der Waals surface area contributed by atoms with E-state index < -0.39 is 24.2 Å². The summed E-state index contributed by atoms with van der Waals surface area (Å²) < 4.78 is 90.1. The van der Waals surface area contributed by atoms with Gasteiger partial charge in [-0.15, -0.1) is 0 Å². The highest BCUT2D eigenvalue weighted by Crippen LogP contribution is 2.48. The van der Waals surface area contributed by atoms with Gasteiger partial charge in [-0.25, -0.2) is 0 Å². The highest BCUT2D eigenvalue weighted by Gasteiger charge is 2.54. The van der Waals surface area contributed by atoms with E-state index in [0.717, 1.165) is 16.7 Å². The van der Waals surface area contributed by atoms with Crippen LogP contribution in [-0.4, -0.2) is 68.2 Å². The number of alkyl halides is 3. The van der Waals surface area contributed by atoms with Crippen molar-refractivity contribution in [1.82, 2.24) is 9.47 Å². The second kappa shape index (κ2) is 16.3. The van der Waals surface area contributed by atoms with Gasteiger partial charge in [0.25, 0.3) is 0 Å². The monoisotopic (exact) mass is 786 g/mol. The zero-order valence-corrected chi connectivity index (χ0v) is 32.7. The first-order valence-electron chi connectivity index (χ1n) is 19.6. The quantitative estimate of drug-likeness (QED) is 0.110. The predicted molar refractivity (Wildman–Crippen MR) is 208 cm³/mol. The van der Waals surface area contributed by atoms with Crippen molar-refractivity contribution < 1.29 is 46.3 Å². The van der Waals surface area contributed by atoms with Crippen LogP contribution in [0.1, 0.15) is 73.5 Å². The van der Waals surface area contributed by atoms with Crippen LogP contribution in [0.5, 0.6) is 17.2 Å². The van der Waals surface area contributed by atoms with E-state index >= 15 is 13.2 Å². The molecule has 0 bridgehead atoms. The standard InChI is InChI=1S/C45H49F3N2O7/c1-29-53-40(54-29)18-15-31-23-38(51-3)41(39(24-31)52-4)55-34-19-21-49(22-20-34)28-44(2,45(46,47)48)36-27-50(26-30-11-7-5-8-12-30)37-17-16-33(25-35(36)37)43-56-42(57-43)32-13-9-6-10-14-32/h5-14,16-17,23-25,27,29,34,40,42-43H,15,18-22,26,28H2,1-4H3. The fourth-order valence-electron chi connectivity index (χ4n) is 8.15. The lowest BCUT2D eigenvalue weighted by atomic mass is 9.80. The zero-order valence-electron chi connectivity index (χ0n) is 32.7. The molecule has 0 radical (unpaired) electrons. The molecule has 4 aromatic carbocycles. The molecule has 0 N–H and O–H groups in total. The number of hydrogen-bond acceptors (Lipinski definition) is 8. The fraction of sp³-hybridized carbons (Fsp3) is 0.422. The number of methoxy groups -OCH3 is 2. The number of fused-ring (bicyclic) bond motifs is 1. The number of aryl methyl sites for hydroxylation is 1. The summed E-state index contributed by atoms with van der Waals surface area (Å²) in [7, 11) is 3.17. The maximum Gasteiger partial charge on any atom is 0.399 e. The molecule has 4 heterocycles. The number of nitrogens with zero attached hydrogens (tertiary/aromatic N) is 2. The topological polar surface area (TPSA) is 72.8 Å². The van der Waals surface area contributed by atoms with Crippen LogP contribution in [0.2, 0.25) is 0 Å². The number of benzene rings is 4. The predicted octanol–water partition coefficient (Wildman–Crippen LogP) is 9.47. The third-order valence-corrected chi connectivity index (χ3v) is 11.4. The van der Waals surface area contributed by atoms with E-state index in [1.807, 2.05) is 107 Å². The zero-order chi connectivity index (χ0) is 39.7. The van der Waals surface area contributed by atoms with Crippen LogP contribution >= 0.6 is 0 Å². The Morgan fingerprint density at radius 2 is 1.39 bits per heavy atom. The summed E-state index contributed by atoms with van der Waals surface area (Å²) >= 11 is 0. The molecule has 0 amide bonds. The molecule has 3 saturated heterocycles. The van der Waals surface area contributed by atoms with Gasteiger partial charge >= 0.3 is 6.18 Å². The molecule has 302 valence electrons. The van der Waals surface area contributed by atoms with Crippen LogP contribution in [0.3, 0.4) is 0 Å². The van der Waals surface area contributed by atoms with E-state index in [4.69, 9.17) is 33.2 Å². The van der Waals surface area contributed by atoms with Gasteiger partial charge in [-0.05, 0) is 74.1 Å².